The second kappa shape index (κ2) is 7.11. The Labute approximate surface area is 194 Å². The van der Waals surface area contributed by atoms with Gasteiger partial charge in [-0.05, 0) is 18.9 Å². The lowest BCUT2D eigenvalue weighted by Crippen LogP contribution is -2.80. The summed E-state index contributed by atoms with van der Waals surface area (Å²) < 4.78 is 17.6. The van der Waals surface area contributed by atoms with Crippen LogP contribution in [0, 0.1) is 40.4 Å². The maximum atomic E-state index is 12.5. The molecule has 5 N–H and O–H groups in total. The number of fused-ring (bicyclic) bond motifs is 2. The van der Waals surface area contributed by atoms with Gasteiger partial charge in [-0.3, -0.25) is 4.90 Å². The molecule has 188 valence electrons. The van der Waals surface area contributed by atoms with Crippen LogP contribution < -0.4 is 0 Å². The van der Waals surface area contributed by atoms with Gasteiger partial charge in [-0.2, -0.15) is 0 Å². The zero-order valence-corrected chi connectivity index (χ0v) is 19.9. The summed E-state index contributed by atoms with van der Waals surface area (Å²) in [5, 5.41) is 58.8. The van der Waals surface area contributed by atoms with E-state index in [4.69, 9.17) is 14.2 Å². The molecule has 1 saturated heterocycles. The molecule has 9 heteroatoms. The summed E-state index contributed by atoms with van der Waals surface area (Å²) in [6.07, 6.45) is -4.04. The fourth-order valence-corrected chi connectivity index (χ4v) is 10.7. The SMILES string of the molecule is CCN1C[C@]2(COC)[C@H](O)C[C@H](O)C34C1C([C@H](OC)[C@@H]32)[C@]1(O)[C@H]2[C@@H](O)[C@@H](C[C@@H]24)[C@@H](OC)[C@H]1O. The molecule has 1 aliphatic heterocycles. The van der Waals surface area contributed by atoms with Crippen LogP contribution in [0.25, 0.3) is 0 Å². The van der Waals surface area contributed by atoms with Crippen LogP contribution in [0.2, 0.25) is 0 Å². The first-order valence-electron chi connectivity index (χ1n) is 12.4. The fraction of sp³-hybridized carbons (Fsp3) is 1.00. The summed E-state index contributed by atoms with van der Waals surface area (Å²) in [5.41, 5.74) is -3.00. The predicted octanol–water partition coefficient (Wildman–Crippen LogP) is -1.56. The molecule has 5 saturated carbocycles. The summed E-state index contributed by atoms with van der Waals surface area (Å²) in [6.45, 7) is 3.61. The van der Waals surface area contributed by atoms with Gasteiger partial charge in [-0.25, -0.2) is 0 Å². The van der Waals surface area contributed by atoms with Crippen LogP contribution in [0.4, 0.5) is 0 Å². The Bertz CT molecular complexity index is 815. The zero-order chi connectivity index (χ0) is 23.7. The van der Waals surface area contributed by atoms with E-state index in [0.29, 0.717) is 26.1 Å². The molecule has 15 atom stereocenters. The van der Waals surface area contributed by atoms with E-state index in [1.165, 1.54) is 7.11 Å². The molecular weight excluding hydrogens is 430 g/mol. The van der Waals surface area contributed by atoms with Crippen molar-refractivity contribution in [3.63, 3.8) is 0 Å². The van der Waals surface area contributed by atoms with Gasteiger partial charge in [0.1, 0.15) is 11.7 Å². The number of likely N-dealkylation sites (tertiary alicyclic amines) is 1. The highest BCUT2D eigenvalue weighted by molar-refractivity contribution is 5.37. The summed E-state index contributed by atoms with van der Waals surface area (Å²) in [6, 6.07) is -0.243. The number of methoxy groups -OCH3 is 3. The Kier molecular flexibility index (Phi) is 4.97. The quantitative estimate of drug-likeness (QED) is 0.324. The van der Waals surface area contributed by atoms with Gasteiger partial charge in [-0.1, -0.05) is 6.92 Å². The van der Waals surface area contributed by atoms with Gasteiger partial charge in [0.25, 0.3) is 0 Å². The minimum Gasteiger partial charge on any atom is -0.392 e. The smallest absolute Gasteiger partial charge is 0.110 e. The van der Waals surface area contributed by atoms with E-state index in [0.717, 1.165) is 0 Å². The van der Waals surface area contributed by atoms with Crippen molar-refractivity contribution in [2.24, 2.45) is 40.4 Å². The third-order valence-electron chi connectivity index (χ3n) is 11.3. The fourth-order valence-electron chi connectivity index (χ4n) is 10.7. The van der Waals surface area contributed by atoms with Crippen LogP contribution in [0.5, 0.6) is 0 Å². The van der Waals surface area contributed by atoms with Crippen LogP contribution in [-0.2, 0) is 14.2 Å². The standard InChI is InChI=1S/C24H39NO8/c1-5-25-8-22(9-31-2)12(26)7-13(27)23-11-6-10-16(28)14(11)24(30,21(29)17(10)32-3)15(20(23)25)18(33-4)19(22)23/h10-21,26-30H,5-9H2,1-4H3/t10-,11+,12-,13+,14-,15?,16+,17-,18+,19-,20?,21-,22+,23?,24-/m1/s1. The second-order valence-electron chi connectivity index (χ2n) is 11.7. The summed E-state index contributed by atoms with van der Waals surface area (Å²) in [4.78, 5) is 2.27. The number of nitrogens with zero attached hydrogens (tertiary/aromatic N) is 1. The van der Waals surface area contributed by atoms with E-state index in [1.54, 1.807) is 14.2 Å². The van der Waals surface area contributed by atoms with Gasteiger partial charge in [0.15, 0.2) is 0 Å². The highest BCUT2D eigenvalue weighted by atomic mass is 16.5. The number of aliphatic hydroxyl groups is 5. The van der Waals surface area contributed by atoms with Crippen LogP contribution in [0.15, 0.2) is 0 Å². The van der Waals surface area contributed by atoms with Gasteiger partial charge in [0, 0.05) is 74.8 Å². The molecule has 0 aromatic heterocycles. The summed E-state index contributed by atoms with van der Waals surface area (Å²) in [5.74, 6) is -1.97. The van der Waals surface area contributed by atoms with Gasteiger partial charge < -0.3 is 39.7 Å². The number of aliphatic hydroxyl groups excluding tert-OH is 4. The Morgan fingerprint density at radius 2 is 1.64 bits per heavy atom. The van der Waals surface area contributed by atoms with Gasteiger partial charge in [-0.15, -0.1) is 0 Å². The molecule has 0 radical (unpaired) electrons. The molecular formula is C24H39NO8. The first-order valence-corrected chi connectivity index (χ1v) is 12.4. The average molecular weight is 470 g/mol. The van der Waals surface area contributed by atoms with Crippen LogP contribution in [0.1, 0.15) is 19.8 Å². The molecule has 0 aromatic carbocycles. The minimum absolute atomic E-state index is 0.232. The minimum atomic E-state index is -1.63. The summed E-state index contributed by atoms with van der Waals surface area (Å²) >= 11 is 0. The Morgan fingerprint density at radius 3 is 2.24 bits per heavy atom. The van der Waals surface area contributed by atoms with Crippen LogP contribution in [0.3, 0.4) is 0 Å². The molecule has 6 aliphatic rings. The van der Waals surface area contributed by atoms with E-state index in [2.05, 4.69) is 11.8 Å². The number of ether oxygens (including phenoxy) is 3. The molecule has 1 heterocycles. The maximum Gasteiger partial charge on any atom is 0.110 e. The predicted molar refractivity (Wildman–Crippen MR) is 115 cm³/mol. The van der Waals surface area contributed by atoms with E-state index in [9.17, 15) is 25.5 Å². The van der Waals surface area contributed by atoms with Crippen molar-refractivity contribution in [2.45, 2.75) is 68.0 Å². The molecule has 9 nitrogen and oxygen atoms in total. The van der Waals surface area contributed by atoms with Crippen molar-refractivity contribution < 1.29 is 39.7 Å². The number of piperidine rings is 1. The number of hydrogen-bond donors (Lipinski definition) is 5. The van der Waals surface area contributed by atoms with Gasteiger partial charge in [0.05, 0.1) is 37.1 Å². The largest absolute Gasteiger partial charge is 0.392 e. The average Bonchev–Trinajstić information content (AvgIpc) is 3.20. The van der Waals surface area contributed by atoms with Crippen LogP contribution in [-0.4, -0.2) is 120 Å². The van der Waals surface area contributed by atoms with Crippen molar-refractivity contribution in [1.82, 2.24) is 4.90 Å². The molecule has 1 spiro atoms. The van der Waals surface area contributed by atoms with E-state index in [1.807, 2.05) is 0 Å². The Hall–Kier alpha value is -0.360. The highest BCUT2D eigenvalue weighted by Crippen LogP contribution is 2.79. The maximum absolute atomic E-state index is 12.5. The highest BCUT2D eigenvalue weighted by Gasteiger charge is 2.88. The lowest BCUT2D eigenvalue weighted by molar-refractivity contribution is -0.308. The lowest BCUT2D eigenvalue weighted by atomic mass is 9.42. The molecule has 3 unspecified atom stereocenters. The van der Waals surface area contributed by atoms with Gasteiger partial charge in [0.2, 0.25) is 0 Å². The van der Waals surface area contributed by atoms with Crippen molar-refractivity contribution in [3.05, 3.63) is 0 Å². The van der Waals surface area contributed by atoms with E-state index >= 15 is 0 Å². The topological polar surface area (TPSA) is 132 Å². The van der Waals surface area contributed by atoms with E-state index < -0.39 is 64.9 Å². The third kappa shape index (κ3) is 2.19. The molecule has 7 bridgehead atoms. The van der Waals surface area contributed by atoms with Crippen molar-refractivity contribution in [3.8, 4) is 0 Å². The number of rotatable bonds is 5. The first-order chi connectivity index (χ1) is 15.7. The normalized spacial score (nSPS) is 63.2. The lowest BCUT2D eigenvalue weighted by Gasteiger charge is -2.69. The molecule has 0 aromatic rings. The van der Waals surface area contributed by atoms with Gasteiger partial charge >= 0.3 is 0 Å². The monoisotopic (exact) mass is 469 g/mol. The second-order valence-corrected chi connectivity index (χ2v) is 11.7. The molecule has 6 rings (SSSR count). The van der Waals surface area contributed by atoms with E-state index in [-0.39, 0.29) is 30.2 Å². The zero-order valence-electron chi connectivity index (χ0n) is 19.9. The number of hydrogen-bond acceptors (Lipinski definition) is 9. The third-order valence-corrected chi connectivity index (χ3v) is 11.3. The molecule has 0 amide bonds. The van der Waals surface area contributed by atoms with Crippen molar-refractivity contribution in [1.29, 1.82) is 0 Å². The Balaban J connectivity index is 1.66. The van der Waals surface area contributed by atoms with Crippen molar-refractivity contribution >= 4 is 0 Å². The van der Waals surface area contributed by atoms with Crippen molar-refractivity contribution in [2.75, 3.05) is 41.0 Å². The first kappa shape index (κ1) is 23.1. The molecule has 6 fully saturated rings. The summed E-state index contributed by atoms with van der Waals surface area (Å²) in [7, 11) is 4.77. The molecule has 33 heavy (non-hydrogen) atoms. The van der Waals surface area contributed by atoms with Crippen LogP contribution >= 0.6 is 0 Å². The Morgan fingerprint density at radius 1 is 0.939 bits per heavy atom. The molecule has 5 aliphatic carbocycles.